The molecule has 0 spiro atoms. The topological polar surface area (TPSA) is 112 Å². The number of sulfonamides is 1. The van der Waals surface area contributed by atoms with E-state index in [1.807, 2.05) is 0 Å². The van der Waals surface area contributed by atoms with E-state index in [0.29, 0.717) is 23.6 Å². The number of nitrogens with one attached hydrogen (secondary N) is 1. The van der Waals surface area contributed by atoms with Gasteiger partial charge in [-0.25, -0.2) is 18.4 Å². The third-order valence-corrected chi connectivity index (χ3v) is 3.01. The van der Waals surface area contributed by atoms with E-state index in [0.717, 1.165) is 0 Å². The van der Waals surface area contributed by atoms with Gasteiger partial charge >= 0.3 is 5.97 Å². The molecule has 0 aliphatic heterocycles. The van der Waals surface area contributed by atoms with Crippen molar-refractivity contribution in [3.8, 4) is 0 Å². The van der Waals surface area contributed by atoms with Crippen LogP contribution in [0.4, 0.5) is 0 Å². The fourth-order valence-electron chi connectivity index (χ4n) is 1.37. The molecule has 1 heterocycles. The Morgan fingerprint density at radius 1 is 1.56 bits per heavy atom. The number of rotatable bonds is 6. The molecule has 0 aromatic carbocycles. The highest BCUT2D eigenvalue weighted by Crippen LogP contribution is 2.15. The highest BCUT2D eigenvalue weighted by molar-refractivity contribution is 7.89. The Balaban J connectivity index is 2.51. The number of hydrogen-bond acceptors (Lipinski definition) is 6. The Labute approximate surface area is 105 Å². The third-order valence-electron chi connectivity index (χ3n) is 2.24. The van der Waals surface area contributed by atoms with Crippen LogP contribution in [0, 0.1) is 6.92 Å². The lowest BCUT2D eigenvalue weighted by atomic mass is 10.2. The Kier molecular flexibility index (Phi) is 4.88. The van der Waals surface area contributed by atoms with Crippen LogP contribution in [-0.4, -0.2) is 33.8 Å². The van der Waals surface area contributed by atoms with Crippen molar-refractivity contribution in [3.05, 3.63) is 23.2 Å². The normalized spacial score (nSPS) is 11.5. The lowest BCUT2D eigenvalue weighted by molar-refractivity contribution is 0.0599. The molecule has 18 heavy (non-hydrogen) atoms. The summed E-state index contributed by atoms with van der Waals surface area (Å²) < 4.78 is 31.3. The van der Waals surface area contributed by atoms with Crippen LogP contribution >= 0.6 is 0 Å². The first-order chi connectivity index (χ1) is 8.33. The Bertz CT molecular complexity index is 520. The van der Waals surface area contributed by atoms with Crippen molar-refractivity contribution >= 4 is 16.0 Å². The van der Waals surface area contributed by atoms with Gasteiger partial charge in [0.25, 0.3) is 0 Å². The Hall–Kier alpha value is -1.38. The van der Waals surface area contributed by atoms with Crippen LogP contribution in [0.25, 0.3) is 0 Å². The van der Waals surface area contributed by atoms with Crippen LogP contribution < -0.4 is 10.5 Å². The second-order valence-corrected chi connectivity index (χ2v) is 5.45. The van der Waals surface area contributed by atoms with E-state index >= 15 is 0 Å². The van der Waals surface area contributed by atoms with E-state index in [-0.39, 0.29) is 12.3 Å². The minimum atomic E-state index is -3.47. The van der Waals surface area contributed by atoms with E-state index in [9.17, 15) is 13.2 Å². The van der Waals surface area contributed by atoms with Crippen LogP contribution in [0.1, 0.15) is 21.9 Å². The van der Waals surface area contributed by atoms with Crippen molar-refractivity contribution in [1.29, 1.82) is 0 Å². The molecule has 7 nitrogen and oxygen atoms in total. The largest absolute Gasteiger partial charge is 0.465 e. The standard InChI is InChI=1S/C10H16N2O5S/c1-7-9(10(13)16-2)5-8(17-7)6-12-3-4-18(11,14)15/h5,12H,3-4,6H2,1-2H3,(H2,11,14,15). The number of carbonyl (C=O) groups is 1. The summed E-state index contributed by atoms with van der Waals surface area (Å²) in [5.41, 5.74) is 0.362. The number of nitrogens with two attached hydrogens (primary N) is 1. The minimum absolute atomic E-state index is 0.156. The summed E-state index contributed by atoms with van der Waals surface area (Å²) in [4.78, 5) is 11.3. The fraction of sp³-hybridized carbons (Fsp3) is 0.500. The lowest BCUT2D eigenvalue weighted by Crippen LogP contribution is -2.26. The molecule has 0 saturated heterocycles. The highest BCUT2D eigenvalue weighted by atomic mass is 32.2. The number of methoxy groups -OCH3 is 1. The number of furan rings is 1. The first kappa shape index (κ1) is 14.7. The lowest BCUT2D eigenvalue weighted by Gasteiger charge is -2.00. The summed E-state index contributed by atoms with van der Waals surface area (Å²) >= 11 is 0. The van der Waals surface area contributed by atoms with Crippen molar-refractivity contribution < 1.29 is 22.4 Å². The molecule has 1 aromatic heterocycles. The maximum absolute atomic E-state index is 11.3. The molecule has 0 aliphatic rings. The number of aryl methyl sites for hydroxylation is 1. The van der Waals surface area contributed by atoms with Gasteiger partial charge in [-0.1, -0.05) is 0 Å². The van der Waals surface area contributed by atoms with Gasteiger partial charge in [-0.05, 0) is 13.0 Å². The first-order valence-corrected chi connectivity index (χ1v) is 6.94. The van der Waals surface area contributed by atoms with Gasteiger partial charge in [0, 0.05) is 6.54 Å². The van der Waals surface area contributed by atoms with Crippen LogP contribution in [-0.2, 0) is 21.3 Å². The quantitative estimate of drug-likeness (QED) is 0.547. The molecule has 0 amide bonds. The third kappa shape index (κ3) is 4.47. The molecule has 1 rings (SSSR count). The number of carbonyl (C=O) groups excluding carboxylic acids is 1. The number of esters is 1. The monoisotopic (exact) mass is 276 g/mol. The molecule has 8 heteroatoms. The van der Waals surface area contributed by atoms with E-state index in [1.54, 1.807) is 13.0 Å². The zero-order valence-electron chi connectivity index (χ0n) is 10.2. The van der Waals surface area contributed by atoms with Gasteiger partial charge < -0.3 is 14.5 Å². The molecular weight excluding hydrogens is 260 g/mol. The number of hydrogen-bond donors (Lipinski definition) is 2. The molecular formula is C10H16N2O5S. The van der Waals surface area contributed by atoms with Gasteiger partial charge in [0.05, 0.1) is 19.4 Å². The molecule has 0 aliphatic carbocycles. The highest BCUT2D eigenvalue weighted by Gasteiger charge is 2.14. The average Bonchev–Trinajstić information content (AvgIpc) is 2.64. The van der Waals surface area contributed by atoms with Crippen molar-refractivity contribution in [3.63, 3.8) is 0 Å². The summed E-state index contributed by atoms with van der Waals surface area (Å²) in [5, 5.41) is 7.70. The van der Waals surface area contributed by atoms with Crippen LogP contribution in [0.2, 0.25) is 0 Å². The predicted octanol–water partition coefficient (Wildman–Crippen LogP) is -0.247. The van der Waals surface area contributed by atoms with Crippen molar-refractivity contribution in [2.45, 2.75) is 13.5 Å². The first-order valence-electron chi connectivity index (χ1n) is 5.22. The SMILES string of the molecule is COC(=O)c1cc(CNCCS(N)(=O)=O)oc1C. The van der Waals surface area contributed by atoms with Gasteiger partial charge in [0.1, 0.15) is 17.1 Å². The van der Waals surface area contributed by atoms with E-state index < -0.39 is 16.0 Å². The van der Waals surface area contributed by atoms with E-state index in [1.165, 1.54) is 7.11 Å². The van der Waals surface area contributed by atoms with Crippen molar-refractivity contribution in [2.24, 2.45) is 5.14 Å². The summed E-state index contributed by atoms with van der Waals surface area (Å²) in [6.45, 7) is 2.18. The van der Waals surface area contributed by atoms with Gasteiger partial charge in [0.15, 0.2) is 0 Å². The van der Waals surface area contributed by atoms with E-state index in [2.05, 4.69) is 10.1 Å². The second-order valence-electron chi connectivity index (χ2n) is 3.72. The maximum atomic E-state index is 11.3. The zero-order chi connectivity index (χ0) is 13.8. The average molecular weight is 276 g/mol. The van der Waals surface area contributed by atoms with Crippen LogP contribution in [0.5, 0.6) is 0 Å². The van der Waals surface area contributed by atoms with Crippen LogP contribution in [0.3, 0.4) is 0 Å². The summed E-state index contributed by atoms with van der Waals surface area (Å²) in [7, 11) is -2.18. The second kappa shape index (κ2) is 5.98. The van der Waals surface area contributed by atoms with Crippen molar-refractivity contribution in [1.82, 2.24) is 5.32 Å². The van der Waals surface area contributed by atoms with Gasteiger partial charge in [0.2, 0.25) is 10.0 Å². The Morgan fingerprint density at radius 2 is 2.22 bits per heavy atom. The molecule has 0 bridgehead atoms. The van der Waals surface area contributed by atoms with Crippen molar-refractivity contribution in [2.75, 3.05) is 19.4 Å². The molecule has 0 fully saturated rings. The van der Waals surface area contributed by atoms with Gasteiger partial charge in [-0.15, -0.1) is 0 Å². The van der Waals surface area contributed by atoms with E-state index in [4.69, 9.17) is 9.56 Å². The zero-order valence-corrected chi connectivity index (χ0v) is 11.0. The summed E-state index contributed by atoms with van der Waals surface area (Å²) in [5.74, 6) is 0.371. The molecule has 0 saturated carbocycles. The summed E-state index contributed by atoms with van der Waals surface area (Å²) in [6, 6.07) is 1.56. The smallest absolute Gasteiger partial charge is 0.341 e. The Morgan fingerprint density at radius 3 is 2.78 bits per heavy atom. The molecule has 0 radical (unpaired) electrons. The predicted molar refractivity (Wildman–Crippen MR) is 64.5 cm³/mol. The van der Waals surface area contributed by atoms with Gasteiger partial charge in [-0.3, -0.25) is 0 Å². The van der Waals surface area contributed by atoms with Gasteiger partial charge in [-0.2, -0.15) is 0 Å². The molecule has 0 unspecified atom stereocenters. The fourth-order valence-corrected chi connectivity index (χ4v) is 1.80. The molecule has 3 N–H and O–H groups in total. The van der Waals surface area contributed by atoms with Crippen LogP contribution in [0.15, 0.2) is 10.5 Å². The molecule has 0 atom stereocenters. The number of primary sulfonamides is 1. The summed E-state index contributed by atoms with van der Waals surface area (Å²) in [6.07, 6.45) is 0. The maximum Gasteiger partial charge on any atom is 0.341 e. The number of ether oxygens (including phenoxy) is 1. The minimum Gasteiger partial charge on any atom is -0.465 e. The molecule has 102 valence electrons. The molecule has 1 aromatic rings.